The second kappa shape index (κ2) is 4.41. The van der Waals surface area contributed by atoms with E-state index in [0.29, 0.717) is 23.6 Å². The van der Waals surface area contributed by atoms with Gasteiger partial charge in [0, 0.05) is 17.3 Å². The van der Waals surface area contributed by atoms with Crippen LogP contribution in [0.25, 0.3) is 0 Å². The molecule has 1 aromatic rings. The Morgan fingerprint density at radius 1 is 1.41 bits per heavy atom. The van der Waals surface area contributed by atoms with Crippen molar-refractivity contribution in [3.8, 4) is 0 Å². The Morgan fingerprint density at radius 3 is 2.76 bits per heavy atom. The lowest BCUT2D eigenvalue weighted by Gasteiger charge is -2.29. The van der Waals surface area contributed by atoms with Gasteiger partial charge in [0.1, 0.15) is 0 Å². The van der Waals surface area contributed by atoms with Crippen LogP contribution in [0.15, 0.2) is 12.1 Å². The van der Waals surface area contributed by atoms with E-state index in [1.807, 2.05) is 6.92 Å². The highest BCUT2D eigenvalue weighted by molar-refractivity contribution is 6.30. The zero-order valence-electron chi connectivity index (χ0n) is 9.37. The summed E-state index contributed by atoms with van der Waals surface area (Å²) in [6, 6.07) is 3.41. The molecule has 0 saturated heterocycles. The molecule has 0 saturated carbocycles. The maximum Gasteiger partial charge on any atom is 0.389 e. The number of alkyl halides is 3. The van der Waals surface area contributed by atoms with E-state index < -0.39 is 18.5 Å². The highest BCUT2D eigenvalue weighted by atomic mass is 35.5. The second-order valence-corrected chi connectivity index (χ2v) is 4.86. The van der Waals surface area contributed by atoms with Crippen molar-refractivity contribution in [1.29, 1.82) is 0 Å². The minimum Gasteiger partial charge on any atom is -0.385 e. The number of anilines is 1. The number of halogens is 4. The SMILES string of the molecule is Cc1cc(Cl)cc2c1NCCC2CC(F)(F)F. The molecule has 17 heavy (non-hydrogen) atoms. The average molecular weight is 264 g/mol. The molecule has 0 amide bonds. The van der Waals surface area contributed by atoms with Crippen molar-refractivity contribution in [1.82, 2.24) is 0 Å². The smallest absolute Gasteiger partial charge is 0.385 e. The van der Waals surface area contributed by atoms with Crippen molar-refractivity contribution in [2.24, 2.45) is 0 Å². The van der Waals surface area contributed by atoms with Crippen molar-refractivity contribution < 1.29 is 13.2 Å². The largest absolute Gasteiger partial charge is 0.389 e. The van der Waals surface area contributed by atoms with Gasteiger partial charge in [-0.3, -0.25) is 0 Å². The van der Waals surface area contributed by atoms with Gasteiger partial charge in [-0.05, 0) is 42.5 Å². The lowest BCUT2D eigenvalue weighted by atomic mass is 9.87. The average Bonchev–Trinajstić information content (AvgIpc) is 2.17. The van der Waals surface area contributed by atoms with Gasteiger partial charge < -0.3 is 5.32 Å². The molecule has 1 atom stereocenters. The molecule has 1 heterocycles. The molecule has 1 unspecified atom stereocenters. The maximum absolute atomic E-state index is 12.5. The van der Waals surface area contributed by atoms with Crippen molar-refractivity contribution in [3.63, 3.8) is 0 Å². The van der Waals surface area contributed by atoms with Gasteiger partial charge in [-0.2, -0.15) is 13.2 Å². The molecule has 0 aromatic heterocycles. The third-order valence-corrected chi connectivity index (χ3v) is 3.26. The molecule has 0 aliphatic carbocycles. The summed E-state index contributed by atoms with van der Waals surface area (Å²) in [5.41, 5.74) is 2.41. The molecule has 0 spiro atoms. The fourth-order valence-corrected chi connectivity index (χ4v) is 2.63. The van der Waals surface area contributed by atoms with E-state index in [4.69, 9.17) is 11.6 Å². The van der Waals surface area contributed by atoms with Gasteiger partial charge in [0.15, 0.2) is 0 Å². The fourth-order valence-electron chi connectivity index (χ4n) is 2.35. The Hall–Kier alpha value is -0.900. The Balaban J connectivity index is 2.37. The predicted molar refractivity (Wildman–Crippen MR) is 62.7 cm³/mol. The summed E-state index contributed by atoms with van der Waals surface area (Å²) >= 11 is 5.91. The minimum atomic E-state index is -4.13. The highest BCUT2D eigenvalue weighted by Crippen LogP contribution is 2.41. The van der Waals surface area contributed by atoms with Crippen LogP contribution >= 0.6 is 11.6 Å². The second-order valence-electron chi connectivity index (χ2n) is 4.42. The van der Waals surface area contributed by atoms with E-state index in [0.717, 1.165) is 11.3 Å². The normalized spacial score (nSPS) is 19.7. The molecule has 2 rings (SSSR count). The van der Waals surface area contributed by atoms with Crippen LogP contribution in [-0.2, 0) is 0 Å². The Labute approximate surface area is 103 Å². The maximum atomic E-state index is 12.5. The van der Waals surface area contributed by atoms with Crippen LogP contribution in [0.4, 0.5) is 18.9 Å². The number of aryl methyl sites for hydroxylation is 1. The molecule has 1 aromatic carbocycles. The van der Waals surface area contributed by atoms with Crippen LogP contribution in [0.5, 0.6) is 0 Å². The predicted octanol–water partition coefficient (Wildman–Crippen LogP) is 4.50. The number of hydrogen-bond donors (Lipinski definition) is 1. The van der Waals surface area contributed by atoms with Gasteiger partial charge in [0.2, 0.25) is 0 Å². The van der Waals surface area contributed by atoms with Crippen LogP contribution < -0.4 is 5.32 Å². The summed E-state index contributed by atoms with van der Waals surface area (Å²) < 4.78 is 37.4. The molecule has 94 valence electrons. The summed E-state index contributed by atoms with van der Waals surface area (Å²) in [6.45, 7) is 2.43. The summed E-state index contributed by atoms with van der Waals surface area (Å²) in [5, 5.41) is 3.65. The van der Waals surface area contributed by atoms with E-state index in [2.05, 4.69) is 5.32 Å². The molecule has 0 radical (unpaired) electrons. The minimum absolute atomic E-state index is 0.483. The van der Waals surface area contributed by atoms with Gasteiger partial charge in [-0.1, -0.05) is 11.6 Å². The zero-order chi connectivity index (χ0) is 12.6. The van der Waals surface area contributed by atoms with Crippen LogP contribution in [0.3, 0.4) is 0 Å². The highest BCUT2D eigenvalue weighted by Gasteiger charge is 2.34. The molecular formula is C12H13ClF3N. The van der Waals surface area contributed by atoms with Crippen LogP contribution in [0, 0.1) is 6.92 Å². The molecule has 0 fully saturated rings. The lowest BCUT2D eigenvalue weighted by molar-refractivity contribution is -0.139. The van der Waals surface area contributed by atoms with Crippen molar-refractivity contribution in [3.05, 3.63) is 28.3 Å². The van der Waals surface area contributed by atoms with Gasteiger partial charge in [0.05, 0.1) is 6.42 Å². The molecule has 0 bridgehead atoms. The molecular weight excluding hydrogens is 251 g/mol. The number of fused-ring (bicyclic) bond motifs is 1. The standard InChI is InChI=1S/C12H13ClF3N/c1-7-4-9(13)5-10-8(6-12(14,15)16)2-3-17-11(7)10/h4-5,8,17H,2-3,6H2,1H3. The van der Waals surface area contributed by atoms with E-state index in [1.165, 1.54) is 0 Å². The van der Waals surface area contributed by atoms with E-state index in [-0.39, 0.29) is 0 Å². The third-order valence-electron chi connectivity index (χ3n) is 3.04. The molecule has 1 aliphatic heterocycles. The van der Waals surface area contributed by atoms with Crippen molar-refractivity contribution in [2.75, 3.05) is 11.9 Å². The van der Waals surface area contributed by atoms with E-state index in [1.54, 1.807) is 12.1 Å². The number of nitrogens with one attached hydrogen (secondary N) is 1. The molecule has 1 N–H and O–H groups in total. The first-order chi connectivity index (χ1) is 7.87. The summed E-state index contributed by atoms with van der Waals surface area (Å²) in [4.78, 5) is 0. The fraction of sp³-hybridized carbons (Fsp3) is 0.500. The first-order valence-electron chi connectivity index (χ1n) is 5.47. The van der Waals surface area contributed by atoms with Crippen molar-refractivity contribution in [2.45, 2.75) is 31.9 Å². The number of hydrogen-bond acceptors (Lipinski definition) is 1. The van der Waals surface area contributed by atoms with Gasteiger partial charge in [0.25, 0.3) is 0 Å². The van der Waals surface area contributed by atoms with Gasteiger partial charge in [-0.25, -0.2) is 0 Å². The molecule has 1 aliphatic rings. The number of benzene rings is 1. The summed E-state index contributed by atoms with van der Waals surface area (Å²) in [6.07, 6.45) is -4.41. The van der Waals surface area contributed by atoms with Crippen LogP contribution in [-0.4, -0.2) is 12.7 Å². The lowest BCUT2D eigenvalue weighted by Crippen LogP contribution is -2.22. The quantitative estimate of drug-likeness (QED) is 0.787. The zero-order valence-corrected chi connectivity index (χ0v) is 10.1. The molecule has 1 nitrogen and oxygen atoms in total. The Bertz CT molecular complexity index is 428. The first kappa shape index (κ1) is 12.6. The topological polar surface area (TPSA) is 12.0 Å². The summed E-state index contributed by atoms with van der Waals surface area (Å²) in [7, 11) is 0. The van der Waals surface area contributed by atoms with Crippen molar-refractivity contribution >= 4 is 17.3 Å². The summed E-state index contributed by atoms with van der Waals surface area (Å²) in [5.74, 6) is -0.483. The van der Waals surface area contributed by atoms with Crippen LogP contribution in [0.1, 0.15) is 29.9 Å². The van der Waals surface area contributed by atoms with Crippen LogP contribution in [0.2, 0.25) is 5.02 Å². The first-order valence-corrected chi connectivity index (χ1v) is 5.85. The monoisotopic (exact) mass is 263 g/mol. The van der Waals surface area contributed by atoms with E-state index in [9.17, 15) is 13.2 Å². The Morgan fingerprint density at radius 2 is 2.12 bits per heavy atom. The molecule has 5 heteroatoms. The van der Waals surface area contributed by atoms with E-state index >= 15 is 0 Å². The Kier molecular flexibility index (Phi) is 3.25. The van der Waals surface area contributed by atoms with Gasteiger partial charge in [-0.15, -0.1) is 0 Å². The number of rotatable bonds is 1. The third kappa shape index (κ3) is 2.86. The van der Waals surface area contributed by atoms with Gasteiger partial charge >= 0.3 is 6.18 Å².